The van der Waals surface area contributed by atoms with E-state index in [0.717, 1.165) is 18.7 Å². The molecule has 1 N–H and O–H groups in total. The van der Waals surface area contributed by atoms with Gasteiger partial charge >= 0.3 is 0 Å². The van der Waals surface area contributed by atoms with Gasteiger partial charge in [0.25, 0.3) is 5.91 Å². The van der Waals surface area contributed by atoms with Gasteiger partial charge in [-0.25, -0.2) is 9.97 Å². The lowest BCUT2D eigenvalue weighted by atomic mass is 10.1. The first-order chi connectivity index (χ1) is 11.6. The van der Waals surface area contributed by atoms with Crippen LogP contribution in [0.4, 0.5) is 0 Å². The highest BCUT2D eigenvalue weighted by molar-refractivity contribution is 5.94. The SMILES string of the molecule is Cc1ncncc1C(=O)N1CCN(C[C@@H](O)c2ccccc2)CC1. The highest BCUT2D eigenvalue weighted by Gasteiger charge is 2.24. The van der Waals surface area contributed by atoms with Gasteiger partial charge in [-0.05, 0) is 12.5 Å². The maximum Gasteiger partial charge on any atom is 0.257 e. The van der Waals surface area contributed by atoms with Crippen molar-refractivity contribution in [3.8, 4) is 0 Å². The topological polar surface area (TPSA) is 69.6 Å². The summed E-state index contributed by atoms with van der Waals surface area (Å²) in [6.45, 7) is 5.20. The van der Waals surface area contributed by atoms with Gasteiger partial charge in [0, 0.05) is 38.9 Å². The number of aliphatic hydroxyl groups is 1. The number of aliphatic hydroxyl groups excluding tert-OH is 1. The number of aromatic nitrogens is 2. The van der Waals surface area contributed by atoms with E-state index in [1.165, 1.54) is 6.33 Å². The number of benzene rings is 1. The molecular weight excluding hydrogens is 304 g/mol. The summed E-state index contributed by atoms with van der Waals surface area (Å²) in [6.07, 6.45) is 2.53. The molecule has 0 radical (unpaired) electrons. The minimum absolute atomic E-state index is 0.0173. The van der Waals surface area contributed by atoms with Crippen molar-refractivity contribution in [1.82, 2.24) is 19.8 Å². The second-order valence-electron chi connectivity index (χ2n) is 6.04. The molecule has 2 heterocycles. The van der Waals surface area contributed by atoms with E-state index in [2.05, 4.69) is 14.9 Å². The molecule has 1 aromatic carbocycles. The first-order valence-electron chi connectivity index (χ1n) is 8.16. The third-order valence-electron chi connectivity index (χ3n) is 4.42. The zero-order chi connectivity index (χ0) is 16.9. The van der Waals surface area contributed by atoms with Crippen LogP contribution in [0, 0.1) is 6.92 Å². The zero-order valence-electron chi connectivity index (χ0n) is 13.8. The van der Waals surface area contributed by atoms with Crippen LogP contribution in [0.15, 0.2) is 42.9 Å². The normalized spacial score (nSPS) is 16.8. The molecule has 0 saturated carbocycles. The molecule has 0 unspecified atom stereocenters. The molecule has 1 aromatic heterocycles. The summed E-state index contributed by atoms with van der Waals surface area (Å²) in [6, 6.07) is 9.67. The van der Waals surface area contributed by atoms with Crippen molar-refractivity contribution >= 4 is 5.91 Å². The van der Waals surface area contributed by atoms with E-state index in [0.29, 0.717) is 30.9 Å². The highest BCUT2D eigenvalue weighted by Crippen LogP contribution is 2.16. The Bertz CT molecular complexity index is 684. The maximum absolute atomic E-state index is 12.5. The molecule has 6 nitrogen and oxygen atoms in total. The number of rotatable bonds is 4. The summed E-state index contributed by atoms with van der Waals surface area (Å²) in [5.74, 6) is -0.0173. The van der Waals surface area contributed by atoms with Gasteiger partial charge in [-0.3, -0.25) is 9.69 Å². The van der Waals surface area contributed by atoms with Crippen LogP contribution in [0.1, 0.15) is 27.7 Å². The van der Waals surface area contributed by atoms with Crippen LogP contribution in [-0.2, 0) is 0 Å². The van der Waals surface area contributed by atoms with Crippen molar-refractivity contribution < 1.29 is 9.90 Å². The lowest BCUT2D eigenvalue weighted by molar-refractivity contribution is 0.0526. The fraction of sp³-hybridized carbons (Fsp3) is 0.389. The second kappa shape index (κ2) is 7.51. The second-order valence-corrected chi connectivity index (χ2v) is 6.04. The molecule has 1 amide bonds. The van der Waals surface area contributed by atoms with Crippen molar-refractivity contribution in [1.29, 1.82) is 0 Å². The van der Waals surface area contributed by atoms with Crippen LogP contribution in [0.3, 0.4) is 0 Å². The van der Waals surface area contributed by atoms with Crippen molar-refractivity contribution in [2.75, 3.05) is 32.7 Å². The summed E-state index contributed by atoms with van der Waals surface area (Å²) in [5.41, 5.74) is 2.19. The summed E-state index contributed by atoms with van der Waals surface area (Å²) >= 11 is 0. The zero-order valence-corrected chi connectivity index (χ0v) is 13.8. The molecule has 1 atom stereocenters. The maximum atomic E-state index is 12.5. The number of aryl methyl sites for hydroxylation is 1. The lowest BCUT2D eigenvalue weighted by Crippen LogP contribution is -2.49. The van der Waals surface area contributed by atoms with Crippen LogP contribution < -0.4 is 0 Å². The molecule has 1 aliphatic heterocycles. The summed E-state index contributed by atoms with van der Waals surface area (Å²) in [5, 5.41) is 10.3. The van der Waals surface area contributed by atoms with Gasteiger partial charge in [0.05, 0.1) is 17.4 Å². The van der Waals surface area contributed by atoms with Gasteiger partial charge in [0.1, 0.15) is 6.33 Å². The monoisotopic (exact) mass is 326 g/mol. The third kappa shape index (κ3) is 3.77. The Kier molecular flexibility index (Phi) is 5.17. The predicted molar refractivity (Wildman–Crippen MR) is 90.5 cm³/mol. The molecule has 1 saturated heterocycles. The van der Waals surface area contributed by atoms with Gasteiger partial charge in [-0.2, -0.15) is 0 Å². The molecule has 0 bridgehead atoms. The fourth-order valence-electron chi connectivity index (χ4n) is 2.93. The number of β-amino-alcohol motifs (C(OH)–C–C–N with tert-alkyl or cyclic N) is 1. The van der Waals surface area contributed by atoms with E-state index < -0.39 is 6.10 Å². The molecule has 3 rings (SSSR count). The minimum Gasteiger partial charge on any atom is -0.387 e. The summed E-state index contributed by atoms with van der Waals surface area (Å²) in [4.78, 5) is 24.6. The molecule has 1 aliphatic rings. The van der Waals surface area contributed by atoms with Crippen molar-refractivity contribution in [3.05, 3.63) is 59.7 Å². The fourth-order valence-corrected chi connectivity index (χ4v) is 2.93. The van der Waals surface area contributed by atoms with E-state index >= 15 is 0 Å². The number of hydrogen-bond donors (Lipinski definition) is 1. The van der Waals surface area contributed by atoms with Gasteiger partial charge in [-0.15, -0.1) is 0 Å². The molecule has 6 heteroatoms. The first kappa shape index (κ1) is 16.5. The predicted octanol–water partition coefficient (Wildman–Crippen LogP) is 1.28. The van der Waals surface area contributed by atoms with Crippen molar-refractivity contribution in [2.45, 2.75) is 13.0 Å². The lowest BCUT2D eigenvalue weighted by Gasteiger charge is -2.35. The Morgan fingerprint density at radius 3 is 2.58 bits per heavy atom. The Morgan fingerprint density at radius 2 is 1.92 bits per heavy atom. The van der Waals surface area contributed by atoms with Crippen LogP contribution in [0.25, 0.3) is 0 Å². The highest BCUT2D eigenvalue weighted by atomic mass is 16.3. The van der Waals surface area contributed by atoms with Crippen LogP contribution in [0.5, 0.6) is 0 Å². The number of carbonyl (C=O) groups is 1. The van der Waals surface area contributed by atoms with E-state index in [1.807, 2.05) is 42.2 Å². The van der Waals surface area contributed by atoms with Gasteiger partial charge in [0.15, 0.2) is 0 Å². The Hall–Kier alpha value is -2.31. The average Bonchev–Trinajstić information content (AvgIpc) is 2.63. The number of piperazine rings is 1. The van der Waals surface area contributed by atoms with E-state index in [1.54, 1.807) is 6.20 Å². The smallest absolute Gasteiger partial charge is 0.257 e. The standard InChI is InChI=1S/C18H22N4O2/c1-14-16(11-19-13-20-14)18(24)22-9-7-21(8-10-22)12-17(23)15-5-3-2-4-6-15/h2-6,11,13,17,23H,7-10,12H2,1H3/t17-/m1/s1. The van der Waals surface area contributed by atoms with Crippen LogP contribution in [-0.4, -0.2) is 63.5 Å². The molecule has 2 aromatic rings. The summed E-state index contributed by atoms with van der Waals surface area (Å²) in [7, 11) is 0. The first-order valence-corrected chi connectivity index (χ1v) is 8.16. The molecule has 126 valence electrons. The van der Waals surface area contributed by atoms with E-state index in [-0.39, 0.29) is 5.91 Å². The summed E-state index contributed by atoms with van der Waals surface area (Å²) < 4.78 is 0. The number of carbonyl (C=O) groups excluding carboxylic acids is 1. The Labute approximate surface area is 141 Å². The van der Waals surface area contributed by atoms with Gasteiger partial charge < -0.3 is 10.0 Å². The molecule has 0 aliphatic carbocycles. The van der Waals surface area contributed by atoms with Crippen LogP contribution in [0.2, 0.25) is 0 Å². The quantitative estimate of drug-likeness (QED) is 0.916. The Balaban J connectivity index is 1.54. The third-order valence-corrected chi connectivity index (χ3v) is 4.42. The van der Waals surface area contributed by atoms with Crippen molar-refractivity contribution in [2.24, 2.45) is 0 Å². The Morgan fingerprint density at radius 1 is 1.21 bits per heavy atom. The molecule has 0 spiro atoms. The van der Waals surface area contributed by atoms with Crippen molar-refractivity contribution in [3.63, 3.8) is 0 Å². The number of nitrogens with zero attached hydrogens (tertiary/aromatic N) is 4. The molecule has 1 fully saturated rings. The number of hydrogen-bond acceptors (Lipinski definition) is 5. The van der Waals surface area contributed by atoms with E-state index in [4.69, 9.17) is 0 Å². The van der Waals surface area contributed by atoms with Crippen LogP contribution >= 0.6 is 0 Å². The van der Waals surface area contributed by atoms with E-state index in [9.17, 15) is 9.90 Å². The number of amides is 1. The minimum atomic E-state index is -0.502. The van der Waals surface area contributed by atoms with Gasteiger partial charge in [0.2, 0.25) is 0 Å². The molecule has 24 heavy (non-hydrogen) atoms. The average molecular weight is 326 g/mol. The van der Waals surface area contributed by atoms with Gasteiger partial charge in [-0.1, -0.05) is 30.3 Å². The molecular formula is C18H22N4O2. The largest absolute Gasteiger partial charge is 0.387 e.